The average molecular weight is 320 g/mol. The molecule has 1 aromatic carbocycles. The fourth-order valence-electron chi connectivity index (χ4n) is 3.35. The molecule has 3 unspecified atom stereocenters. The van der Waals surface area contributed by atoms with Crippen LogP contribution >= 0.6 is 0 Å². The van der Waals surface area contributed by atoms with Crippen LogP contribution in [0.2, 0.25) is 0 Å². The number of hydrogen-bond acceptors (Lipinski definition) is 2. The van der Waals surface area contributed by atoms with Crippen LogP contribution in [0.5, 0.6) is 0 Å². The quantitative estimate of drug-likeness (QED) is 0.354. The van der Waals surface area contributed by atoms with Gasteiger partial charge in [-0.1, -0.05) is 50.6 Å². The van der Waals surface area contributed by atoms with E-state index < -0.39 is 0 Å². The van der Waals surface area contributed by atoms with E-state index in [-0.39, 0.29) is 18.1 Å². The Labute approximate surface area is 142 Å². The molecule has 0 N–H and O–H groups in total. The van der Waals surface area contributed by atoms with E-state index >= 15 is 0 Å². The molecule has 3 nitrogen and oxygen atoms in total. The molecule has 0 spiro atoms. The molecule has 0 aliphatic carbocycles. The van der Waals surface area contributed by atoms with Gasteiger partial charge >= 0.3 is 5.97 Å². The molecule has 0 radical (unpaired) electrons. The van der Waals surface area contributed by atoms with Gasteiger partial charge in [0.1, 0.15) is 6.04 Å². The van der Waals surface area contributed by atoms with Gasteiger partial charge in [-0.25, -0.2) is 0 Å². The van der Waals surface area contributed by atoms with Gasteiger partial charge < -0.3 is 9.22 Å². The zero-order valence-electron chi connectivity index (χ0n) is 15.5. The number of hydrogen-bond donors (Lipinski definition) is 0. The third-order valence-electron chi connectivity index (χ3n) is 4.85. The molecule has 3 atom stereocenters. The van der Waals surface area contributed by atoms with E-state index in [0.717, 1.165) is 29.6 Å². The van der Waals surface area contributed by atoms with Crippen LogP contribution in [0.4, 0.5) is 0 Å². The fourth-order valence-corrected chi connectivity index (χ4v) is 3.35. The van der Waals surface area contributed by atoms with Gasteiger partial charge in [-0.05, 0) is 31.7 Å². The Morgan fingerprint density at radius 1 is 1.09 bits per heavy atom. The van der Waals surface area contributed by atoms with Gasteiger partial charge in [0.05, 0.1) is 20.1 Å². The van der Waals surface area contributed by atoms with E-state index in [1.165, 1.54) is 26.2 Å². The zero-order chi connectivity index (χ0) is 17.3. The number of quaternary nitrogens is 1. The van der Waals surface area contributed by atoms with E-state index in [1.54, 1.807) is 0 Å². The molecule has 130 valence electrons. The maximum Gasteiger partial charge on any atom is 0.303 e. The fraction of sp³-hybridized carbons (Fsp3) is 0.650. The molecule has 0 aromatic heterocycles. The summed E-state index contributed by atoms with van der Waals surface area (Å²) in [5.74, 6) is -0.206. The summed E-state index contributed by atoms with van der Waals surface area (Å²) in [7, 11) is 2.31. The average Bonchev–Trinajstić information content (AvgIpc) is 2.53. The van der Waals surface area contributed by atoms with Gasteiger partial charge in [-0.2, -0.15) is 0 Å². The first-order chi connectivity index (χ1) is 10.9. The van der Waals surface area contributed by atoms with Crippen molar-refractivity contribution in [2.24, 2.45) is 0 Å². The largest absolute Gasteiger partial charge is 0.451 e. The number of benzene rings is 1. The predicted octanol–water partition coefficient (Wildman–Crippen LogP) is 4.73. The number of esters is 1. The monoisotopic (exact) mass is 320 g/mol. The smallest absolute Gasteiger partial charge is 0.303 e. The van der Waals surface area contributed by atoms with Crippen molar-refractivity contribution in [1.82, 2.24) is 0 Å². The second kappa shape index (κ2) is 9.71. The molecule has 1 rings (SSSR count). The first-order valence-corrected chi connectivity index (χ1v) is 9.01. The molecule has 0 amide bonds. The number of likely N-dealkylation sites (N-methyl/N-ethyl adjacent to an activating group) is 1. The van der Waals surface area contributed by atoms with Crippen molar-refractivity contribution in [2.45, 2.75) is 65.5 Å². The molecule has 0 saturated heterocycles. The van der Waals surface area contributed by atoms with Crippen molar-refractivity contribution in [1.29, 1.82) is 0 Å². The van der Waals surface area contributed by atoms with Crippen molar-refractivity contribution >= 4 is 5.97 Å². The standard InChI is InChI=1S/C20H34NO2/c1-6-8-12-16-21(5,15-7-2)17(3)20(23-18(4)22)19-13-10-9-11-14-19/h9-11,13-14,17,20H,6-8,12,15-16H2,1-5H3/q+1. The van der Waals surface area contributed by atoms with Crippen LogP contribution in [0, 0.1) is 0 Å². The van der Waals surface area contributed by atoms with Crippen LogP contribution in [0.15, 0.2) is 30.3 Å². The molecule has 0 saturated carbocycles. The zero-order valence-corrected chi connectivity index (χ0v) is 15.5. The number of carbonyl (C=O) groups is 1. The maximum atomic E-state index is 11.6. The summed E-state index contributed by atoms with van der Waals surface area (Å²) in [5.41, 5.74) is 1.09. The molecule has 0 heterocycles. The van der Waals surface area contributed by atoms with Gasteiger partial charge in [0.15, 0.2) is 6.10 Å². The molecule has 0 aliphatic heterocycles. The number of rotatable bonds is 10. The summed E-state index contributed by atoms with van der Waals surface area (Å²) in [6, 6.07) is 10.4. The molecule has 3 heteroatoms. The Bertz CT molecular complexity index is 460. The highest BCUT2D eigenvalue weighted by atomic mass is 16.5. The van der Waals surface area contributed by atoms with Crippen molar-refractivity contribution in [3.8, 4) is 0 Å². The third kappa shape index (κ3) is 5.98. The molecule has 1 aromatic rings. The van der Waals surface area contributed by atoms with Crippen molar-refractivity contribution < 1.29 is 14.0 Å². The topological polar surface area (TPSA) is 26.3 Å². The molecule has 0 bridgehead atoms. The van der Waals surface area contributed by atoms with Gasteiger partial charge in [-0.15, -0.1) is 0 Å². The Morgan fingerprint density at radius 2 is 1.74 bits per heavy atom. The number of carbonyl (C=O) groups excluding carboxylic acids is 1. The van der Waals surface area contributed by atoms with Crippen LogP contribution < -0.4 is 0 Å². The summed E-state index contributed by atoms with van der Waals surface area (Å²) >= 11 is 0. The van der Waals surface area contributed by atoms with Gasteiger partial charge in [-0.3, -0.25) is 4.79 Å². The Kier molecular flexibility index (Phi) is 8.32. The first-order valence-electron chi connectivity index (χ1n) is 9.01. The van der Waals surface area contributed by atoms with Crippen LogP contribution in [-0.4, -0.2) is 36.6 Å². The Morgan fingerprint density at radius 3 is 2.26 bits per heavy atom. The molecular weight excluding hydrogens is 286 g/mol. The van der Waals surface area contributed by atoms with Crippen molar-refractivity contribution in [2.75, 3.05) is 20.1 Å². The second-order valence-corrected chi connectivity index (χ2v) is 6.82. The van der Waals surface area contributed by atoms with Crippen LogP contribution in [0.25, 0.3) is 0 Å². The predicted molar refractivity (Wildman–Crippen MR) is 96.1 cm³/mol. The minimum absolute atomic E-state index is 0.188. The molecule has 0 aliphatic rings. The van der Waals surface area contributed by atoms with Gasteiger partial charge in [0, 0.05) is 6.92 Å². The minimum Gasteiger partial charge on any atom is -0.451 e. The first kappa shape index (κ1) is 19.7. The summed E-state index contributed by atoms with van der Waals surface area (Å²) in [6.07, 6.45) is 4.65. The number of ether oxygens (including phenoxy) is 1. The van der Waals surface area contributed by atoms with Gasteiger partial charge in [0.25, 0.3) is 0 Å². The third-order valence-corrected chi connectivity index (χ3v) is 4.85. The van der Waals surface area contributed by atoms with Crippen LogP contribution in [-0.2, 0) is 9.53 Å². The van der Waals surface area contributed by atoms with E-state index in [0.29, 0.717) is 0 Å². The minimum atomic E-state index is -0.206. The highest BCUT2D eigenvalue weighted by Gasteiger charge is 2.37. The lowest BCUT2D eigenvalue weighted by Crippen LogP contribution is -2.55. The molecular formula is C20H34NO2+. The van der Waals surface area contributed by atoms with E-state index in [2.05, 4.69) is 40.0 Å². The lowest BCUT2D eigenvalue weighted by atomic mass is 9.99. The van der Waals surface area contributed by atoms with Gasteiger partial charge in [0.2, 0.25) is 0 Å². The lowest BCUT2D eigenvalue weighted by molar-refractivity contribution is -0.935. The molecule has 23 heavy (non-hydrogen) atoms. The van der Waals surface area contributed by atoms with Crippen LogP contribution in [0.3, 0.4) is 0 Å². The summed E-state index contributed by atoms with van der Waals surface area (Å²) < 4.78 is 6.69. The SMILES string of the molecule is CCCCC[N+](C)(CCC)C(C)C(OC(C)=O)c1ccccc1. The summed E-state index contributed by atoms with van der Waals surface area (Å²) in [4.78, 5) is 11.6. The summed E-state index contributed by atoms with van der Waals surface area (Å²) in [5, 5.41) is 0. The van der Waals surface area contributed by atoms with Crippen molar-refractivity contribution in [3.63, 3.8) is 0 Å². The van der Waals surface area contributed by atoms with E-state index in [9.17, 15) is 4.79 Å². The maximum absolute atomic E-state index is 11.6. The van der Waals surface area contributed by atoms with Crippen LogP contribution in [0.1, 0.15) is 65.0 Å². The highest BCUT2D eigenvalue weighted by molar-refractivity contribution is 5.66. The number of nitrogens with zero attached hydrogens (tertiary/aromatic N) is 1. The lowest BCUT2D eigenvalue weighted by Gasteiger charge is -2.43. The number of unbranched alkanes of at least 4 members (excludes halogenated alkanes) is 2. The van der Waals surface area contributed by atoms with E-state index in [1.807, 2.05) is 18.2 Å². The van der Waals surface area contributed by atoms with Crippen molar-refractivity contribution in [3.05, 3.63) is 35.9 Å². The van der Waals surface area contributed by atoms with E-state index in [4.69, 9.17) is 4.74 Å². The highest BCUT2D eigenvalue weighted by Crippen LogP contribution is 2.29. The molecule has 0 fully saturated rings. The Hall–Kier alpha value is -1.35. The normalized spacial score (nSPS) is 16.4. The summed E-state index contributed by atoms with van der Waals surface area (Å²) in [6.45, 7) is 10.4. The second-order valence-electron chi connectivity index (χ2n) is 6.82. The Balaban J connectivity index is 3.02.